The van der Waals surface area contributed by atoms with Crippen LogP contribution in [0.4, 0.5) is 0 Å². The zero-order valence-electron chi connectivity index (χ0n) is 12.6. The fourth-order valence-electron chi connectivity index (χ4n) is 2.34. The fourth-order valence-corrected chi connectivity index (χ4v) is 2.75. The van der Waals surface area contributed by atoms with Gasteiger partial charge in [-0.1, -0.05) is 15.9 Å². The van der Waals surface area contributed by atoms with Gasteiger partial charge in [-0.25, -0.2) is 0 Å². The Hall–Kier alpha value is -0.620. The average molecular weight is 358 g/mol. The lowest BCUT2D eigenvalue weighted by atomic mass is 10.0. The Bertz CT molecular complexity index is 422. The van der Waals surface area contributed by atoms with Crippen molar-refractivity contribution in [3.63, 3.8) is 0 Å². The summed E-state index contributed by atoms with van der Waals surface area (Å²) in [7, 11) is 1.71. The molecule has 0 spiro atoms. The highest BCUT2D eigenvalue weighted by molar-refractivity contribution is 9.10. The Morgan fingerprint density at radius 3 is 2.90 bits per heavy atom. The molecule has 1 heterocycles. The van der Waals surface area contributed by atoms with E-state index in [1.165, 1.54) is 5.56 Å². The molecule has 1 aromatic carbocycles. The van der Waals surface area contributed by atoms with E-state index in [2.05, 4.69) is 27.3 Å². The van der Waals surface area contributed by atoms with Crippen molar-refractivity contribution in [2.75, 3.05) is 40.1 Å². The summed E-state index contributed by atoms with van der Waals surface area (Å²) in [5.41, 5.74) is 1.17. The van der Waals surface area contributed by atoms with Crippen molar-refractivity contribution < 1.29 is 14.2 Å². The maximum atomic E-state index is 6.04. The molecule has 1 fully saturated rings. The van der Waals surface area contributed by atoms with E-state index in [-0.39, 0.29) is 0 Å². The van der Waals surface area contributed by atoms with E-state index in [4.69, 9.17) is 14.2 Å². The van der Waals surface area contributed by atoms with Gasteiger partial charge in [0.1, 0.15) is 5.75 Å². The molecular weight excluding hydrogens is 334 g/mol. The summed E-state index contributed by atoms with van der Waals surface area (Å²) >= 11 is 3.52. The third-order valence-corrected chi connectivity index (χ3v) is 4.13. The van der Waals surface area contributed by atoms with E-state index in [0.717, 1.165) is 56.0 Å². The van der Waals surface area contributed by atoms with Gasteiger partial charge >= 0.3 is 0 Å². The second-order valence-electron chi connectivity index (χ2n) is 5.29. The van der Waals surface area contributed by atoms with Crippen LogP contribution in [0.2, 0.25) is 0 Å². The van der Waals surface area contributed by atoms with E-state index in [0.29, 0.717) is 12.5 Å². The molecule has 0 unspecified atom stereocenters. The first-order valence-electron chi connectivity index (χ1n) is 7.48. The molecular formula is C16H24BrNO3. The smallest absolute Gasteiger partial charge is 0.123 e. The molecule has 5 heteroatoms. The molecule has 0 radical (unpaired) electrons. The minimum Gasteiger partial charge on any atom is -0.493 e. The fraction of sp³-hybridized carbons (Fsp3) is 0.625. The molecule has 21 heavy (non-hydrogen) atoms. The Morgan fingerprint density at radius 1 is 1.33 bits per heavy atom. The summed E-state index contributed by atoms with van der Waals surface area (Å²) in [6.45, 7) is 4.83. The van der Waals surface area contributed by atoms with Gasteiger partial charge in [-0.15, -0.1) is 0 Å². The van der Waals surface area contributed by atoms with Crippen LogP contribution in [0.25, 0.3) is 0 Å². The Morgan fingerprint density at radius 2 is 2.14 bits per heavy atom. The van der Waals surface area contributed by atoms with Gasteiger partial charge in [0.25, 0.3) is 0 Å². The molecule has 1 aliphatic heterocycles. The zero-order chi connectivity index (χ0) is 14.9. The van der Waals surface area contributed by atoms with E-state index in [1.807, 2.05) is 12.1 Å². The van der Waals surface area contributed by atoms with Crippen molar-refractivity contribution in [3.05, 3.63) is 28.2 Å². The molecule has 1 saturated heterocycles. The molecule has 1 aromatic rings. The summed E-state index contributed by atoms with van der Waals surface area (Å²) in [5.74, 6) is 1.58. The monoisotopic (exact) mass is 357 g/mol. The summed E-state index contributed by atoms with van der Waals surface area (Å²) in [5, 5.41) is 3.36. The van der Waals surface area contributed by atoms with Crippen LogP contribution < -0.4 is 10.1 Å². The number of halogens is 1. The van der Waals surface area contributed by atoms with Gasteiger partial charge in [0, 0.05) is 43.4 Å². The van der Waals surface area contributed by atoms with Gasteiger partial charge in [0.15, 0.2) is 0 Å². The van der Waals surface area contributed by atoms with Crippen LogP contribution in [-0.4, -0.2) is 40.1 Å². The number of rotatable bonds is 8. The predicted molar refractivity (Wildman–Crippen MR) is 86.8 cm³/mol. The summed E-state index contributed by atoms with van der Waals surface area (Å²) in [6, 6.07) is 6.17. The minimum absolute atomic E-state index is 0.608. The quantitative estimate of drug-likeness (QED) is 0.726. The van der Waals surface area contributed by atoms with Crippen molar-refractivity contribution in [1.29, 1.82) is 0 Å². The highest BCUT2D eigenvalue weighted by Crippen LogP contribution is 2.25. The van der Waals surface area contributed by atoms with Gasteiger partial charge in [-0.2, -0.15) is 0 Å². The van der Waals surface area contributed by atoms with Gasteiger partial charge in [0.2, 0.25) is 0 Å². The average Bonchev–Trinajstić information content (AvgIpc) is 2.52. The molecule has 4 nitrogen and oxygen atoms in total. The van der Waals surface area contributed by atoms with Gasteiger partial charge in [-0.3, -0.25) is 0 Å². The number of benzene rings is 1. The number of methoxy groups -OCH3 is 1. The first-order chi connectivity index (χ1) is 10.3. The number of hydrogen-bond donors (Lipinski definition) is 1. The van der Waals surface area contributed by atoms with E-state index < -0.39 is 0 Å². The SMILES string of the molecule is COCCNCc1cc(Br)ccc1OCC1CCOCC1. The van der Waals surface area contributed by atoms with Crippen LogP contribution in [0.5, 0.6) is 5.75 Å². The van der Waals surface area contributed by atoms with E-state index in [1.54, 1.807) is 7.11 Å². The number of nitrogens with one attached hydrogen (secondary N) is 1. The van der Waals surface area contributed by atoms with E-state index in [9.17, 15) is 0 Å². The van der Waals surface area contributed by atoms with Gasteiger partial charge in [-0.05, 0) is 37.0 Å². The first-order valence-corrected chi connectivity index (χ1v) is 8.27. The van der Waals surface area contributed by atoms with Crippen LogP contribution >= 0.6 is 15.9 Å². The van der Waals surface area contributed by atoms with Crippen molar-refractivity contribution in [1.82, 2.24) is 5.32 Å². The standard InChI is InChI=1S/C16H24BrNO3/c1-19-9-6-18-11-14-10-15(17)2-3-16(14)21-12-13-4-7-20-8-5-13/h2-3,10,13,18H,4-9,11-12H2,1H3. The number of hydrogen-bond acceptors (Lipinski definition) is 4. The molecule has 0 aromatic heterocycles. The van der Waals surface area contributed by atoms with Gasteiger partial charge in [0.05, 0.1) is 13.2 Å². The highest BCUT2D eigenvalue weighted by Gasteiger charge is 2.15. The van der Waals surface area contributed by atoms with Crippen molar-refractivity contribution in [3.8, 4) is 5.75 Å². The van der Waals surface area contributed by atoms with E-state index >= 15 is 0 Å². The Kier molecular flexibility index (Phi) is 7.50. The van der Waals surface area contributed by atoms with Crippen molar-refractivity contribution >= 4 is 15.9 Å². The summed E-state index contributed by atoms with van der Waals surface area (Å²) in [6.07, 6.45) is 2.19. The molecule has 0 atom stereocenters. The second kappa shape index (κ2) is 9.41. The van der Waals surface area contributed by atoms with Gasteiger partial charge < -0.3 is 19.5 Å². The van der Waals surface area contributed by atoms with Crippen molar-refractivity contribution in [2.24, 2.45) is 5.92 Å². The topological polar surface area (TPSA) is 39.7 Å². The molecule has 118 valence electrons. The third-order valence-electron chi connectivity index (χ3n) is 3.64. The normalized spacial score (nSPS) is 16.1. The molecule has 2 rings (SSSR count). The Balaban J connectivity index is 1.87. The maximum Gasteiger partial charge on any atom is 0.123 e. The van der Waals surface area contributed by atoms with Crippen LogP contribution in [0.3, 0.4) is 0 Å². The predicted octanol–water partition coefficient (Wildman–Crippen LogP) is 2.99. The van der Waals surface area contributed by atoms with Crippen LogP contribution in [0.15, 0.2) is 22.7 Å². The maximum absolute atomic E-state index is 6.04. The molecule has 0 amide bonds. The largest absolute Gasteiger partial charge is 0.493 e. The van der Waals surface area contributed by atoms with Crippen molar-refractivity contribution in [2.45, 2.75) is 19.4 Å². The molecule has 1 aliphatic rings. The lowest BCUT2D eigenvalue weighted by Crippen LogP contribution is -2.22. The molecule has 1 N–H and O–H groups in total. The Labute approximate surface area is 135 Å². The second-order valence-corrected chi connectivity index (χ2v) is 6.20. The molecule has 0 aliphatic carbocycles. The van der Waals surface area contributed by atoms with Crippen LogP contribution in [0.1, 0.15) is 18.4 Å². The van der Waals surface area contributed by atoms with Crippen LogP contribution in [-0.2, 0) is 16.0 Å². The van der Waals surface area contributed by atoms with Crippen LogP contribution in [0, 0.1) is 5.92 Å². The highest BCUT2D eigenvalue weighted by atomic mass is 79.9. The lowest BCUT2D eigenvalue weighted by molar-refractivity contribution is 0.0496. The minimum atomic E-state index is 0.608. The lowest BCUT2D eigenvalue weighted by Gasteiger charge is -2.23. The summed E-state index contributed by atoms with van der Waals surface area (Å²) < 4.78 is 17.5. The number of ether oxygens (including phenoxy) is 3. The molecule has 0 bridgehead atoms. The third kappa shape index (κ3) is 5.94. The first kappa shape index (κ1) is 16.7. The zero-order valence-corrected chi connectivity index (χ0v) is 14.2. The molecule has 0 saturated carbocycles. The summed E-state index contributed by atoms with van der Waals surface area (Å²) in [4.78, 5) is 0.